The van der Waals surface area contributed by atoms with Crippen LogP contribution < -0.4 is 5.32 Å². The molecule has 1 atom stereocenters. The van der Waals surface area contributed by atoms with Crippen molar-refractivity contribution in [1.29, 1.82) is 0 Å². The van der Waals surface area contributed by atoms with E-state index in [-0.39, 0.29) is 12.3 Å². The van der Waals surface area contributed by atoms with E-state index < -0.39 is 11.9 Å². The first-order chi connectivity index (χ1) is 5.25. The van der Waals surface area contributed by atoms with Gasteiger partial charge in [-0.2, -0.15) is 4.89 Å². The van der Waals surface area contributed by atoms with E-state index in [1.54, 1.807) is 0 Å². The van der Waals surface area contributed by atoms with Crippen LogP contribution in [0, 0.1) is 0 Å². The third kappa shape index (κ3) is 1.69. The van der Waals surface area contributed by atoms with Crippen molar-refractivity contribution in [1.82, 2.24) is 5.32 Å². The van der Waals surface area contributed by atoms with E-state index in [1.807, 2.05) is 0 Å². The average Bonchev–Trinajstić information content (AvgIpc) is 1.99. The number of hydrogen-bond donors (Lipinski definition) is 2. The van der Waals surface area contributed by atoms with Crippen molar-refractivity contribution in [2.24, 2.45) is 0 Å². The maximum Gasteiger partial charge on any atom is 0.233 e. The normalized spacial score (nSPS) is 24.0. The van der Waals surface area contributed by atoms with Gasteiger partial charge in [-0.05, 0) is 0 Å². The van der Waals surface area contributed by atoms with Crippen LogP contribution in [0.5, 0.6) is 0 Å². The van der Waals surface area contributed by atoms with Crippen molar-refractivity contribution in [2.75, 3.05) is 13.7 Å². The molecule has 0 saturated heterocycles. The molecule has 0 aromatic heterocycles. The Hall–Kier alpha value is -1.07. The van der Waals surface area contributed by atoms with Gasteiger partial charge in [-0.1, -0.05) is 0 Å². The third-order valence-corrected chi connectivity index (χ3v) is 1.26. The van der Waals surface area contributed by atoms with Crippen LogP contribution in [0.3, 0.4) is 0 Å². The van der Waals surface area contributed by atoms with E-state index in [1.165, 1.54) is 13.3 Å². The Morgan fingerprint density at radius 2 is 2.55 bits per heavy atom. The van der Waals surface area contributed by atoms with Crippen molar-refractivity contribution in [3.8, 4) is 0 Å². The first kappa shape index (κ1) is 8.03. The van der Waals surface area contributed by atoms with Gasteiger partial charge in [0.1, 0.15) is 6.10 Å². The summed E-state index contributed by atoms with van der Waals surface area (Å²) < 4.78 is 0. The number of carbonyl (C=O) groups is 1. The second-order valence-electron chi connectivity index (χ2n) is 2.05. The number of ketones is 1. The monoisotopic (exact) mass is 159 g/mol. The zero-order valence-electron chi connectivity index (χ0n) is 6.03. The van der Waals surface area contributed by atoms with Crippen molar-refractivity contribution in [3.63, 3.8) is 0 Å². The fourth-order valence-corrected chi connectivity index (χ4v) is 0.746. The highest BCUT2D eigenvalue weighted by molar-refractivity contribution is 5.97. The van der Waals surface area contributed by atoms with Gasteiger partial charge in [0.25, 0.3) is 0 Å². The molecule has 2 N–H and O–H groups in total. The molecule has 11 heavy (non-hydrogen) atoms. The first-order valence-electron chi connectivity index (χ1n) is 3.12. The van der Waals surface area contributed by atoms with Crippen LogP contribution in [-0.2, 0) is 14.6 Å². The Kier molecular flexibility index (Phi) is 2.45. The predicted octanol–water partition coefficient (Wildman–Crippen LogP) is -1.06. The fourth-order valence-electron chi connectivity index (χ4n) is 0.746. The Bertz CT molecular complexity index is 189. The molecular formula is C6H9NO4. The quantitative estimate of drug-likeness (QED) is 0.397. The number of aliphatic hydroxyl groups excluding tert-OH is 1. The van der Waals surface area contributed by atoms with Crippen LogP contribution in [0.15, 0.2) is 12.0 Å². The summed E-state index contributed by atoms with van der Waals surface area (Å²) in [5.74, 6) is -0.475. The highest BCUT2D eigenvalue weighted by atomic mass is 17.2. The van der Waals surface area contributed by atoms with Crippen molar-refractivity contribution in [2.45, 2.75) is 6.10 Å². The van der Waals surface area contributed by atoms with Gasteiger partial charge in [0.05, 0.1) is 7.11 Å². The molecule has 0 aromatic rings. The molecule has 0 saturated carbocycles. The van der Waals surface area contributed by atoms with Crippen LogP contribution in [0.25, 0.3) is 0 Å². The summed E-state index contributed by atoms with van der Waals surface area (Å²) in [6.45, 7) is 0.218. The van der Waals surface area contributed by atoms with E-state index in [2.05, 4.69) is 15.1 Å². The molecule has 0 aliphatic carbocycles. The maximum absolute atomic E-state index is 11.0. The predicted molar refractivity (Wildman–Crippen MR) is 35.2 cm³/mol. The van der Waals surface area contributed by atoms with Gasteiger partial charge >= 0.3 is 0 Å². The number of nitrogens with one attached hydrogen (secondary N) is 1. The number of aliphatic hydroxyl groups is 1. The molecule has 1 heterocycles. The Labute approximate surface area is 63.5 Å². The second kappa shape index (κ2) is 3.36. The van der Waals surface area contributed by atoms with E-state index in [9.17, 15) is 4.79 Å². The smallest absolute Gasteiger partial charge is 0.233 e. The number of carbonyl (C=O) groups excluding carboxylic acids is 1. The largest absolute Gasteiger partial charge is 0.385 e. The van der Waals surface area contributed by atoms with E-state index in [0.29, 0.717) is 0 Å². The van der Waals surface area contributed by atoms with Gasteiger partial charge in [0.2, 0.25) is 11.5 Å². The van der Waals surface area contributed by atoms with E-state index in [4.69, 9.17) is 5.11 Å². The molecule has 0 amide bonds. The molecule has 1 rings (SSSR count). The Morgan fingerprint density at radius 1 is 1.82 bits per heavy atom. The number of β-amino-alcohol motifs (C(OH)–C–C–N with tert-alkyl or cyclic N) is 1. The van der Waals surface area contributed by atoms with Crippen LogP contribution >= 0.6 is 0 Å². The van der Waals surface area contributed by atoms with Crippen LogP contribution in [0.1, 0.15) is 0 Å². The Balaban J connectivity index is 2.62. The van der Waals surface area contributed by atoms with Crippen molar-refractivity contribution >= 4 is 5.78 Å². The van der Waals surface area contributed by atoms with Crippen LogP contribution in [0.2, 0.25) is 0 Å². The molecule has 1 unspecified atom stereocenters. The molecule has 62 valence electrons. The first-order valence-corrected chi connectivity index (χ1v) is 3.12. The summed E-state index contributed by atoms with van der Waals surface area (Å²) in [4.78, 5) is 19.7. The fraction of sp³-hybridized carbons (Fsp3) is 0.500. The van der Waals surface area contributed by atoms with Gasteiger partial charge < -0.3 is 15.3 Å². The second-order valence-corrected chi connectivity index (χ2v) is 2.05. The molecule has 5 nitrogen and oxygen atoms in total. The lowest BCUT2D eigenvalue weighted by Crippen LogP contribution is -2.37. The molecular weight excluding hydrogens is 150 g/mol. The van der Waals surface area contributed by atoms with Gasteiger partial charge in [-0.25, -0.2) is 0 Å². The summed E-state index contributed by atoms with van der Waals surface area (Å²) in [6, 6.07) is 0. The minimum atomic E-state index is -1.04. The molecule has 1 aliphatic rings. The maximum atomic E-state index is 11.0. The lowest BCUT2D eigenvalue weighted by atomic mass is 10.1. The molecule has 0 bridgehead atoms. The third-order valence-electron chi connectivity index (χ3n) is 1.26. The minimum absolute atomic E-state index is 0.00810. The zero-order valence-corrected chi connectivity index (χ0v) is 6.03. The summed E-state index contributed by atoms with van der Waals surface area (Å²) in [5, 5.41) is 11.6. The topological polar surface area (TPSA) is 67.8 Å². The van der Waals surface area contributed by atoms with Gasteiger partial charge in [-0.15, -0.1) is 0 Å². The minimum Gasteiger partial charge on any atom is -0.385 e. The number of hydrogen-bond acceptors (Lipinski definition) is 5. The molecule has 5 heteroatoms. The standard InChI is InChI=1S/C6H9NO4/c1-10-11-5-3-7-2-4(8)6(5)9/h3-4,7-8H,2H2,1H3. The summed E-state index contributed by atoms with van der Waals surface area (Å²) >= 11 is 0. The molecule has 0 fully saturated rings. The number of Topliss-reactive ketones (excluding diaryl/α,β-unsaturated/α-hetero) is 1. The number of rotatable bonds is 2. The van der Waals surface area contributed by atoms with E-state index in [0.717, 1.165) is 0 Å². The molecule has 0 spiro atoms. The Morgan fingerprint density at radius 3 is 3.18 bits per heavy atom. The lowest BCUT2D eigenvalue weighted by molar-refractivity contribution is -0.238. The van der Waals surface area contributed by atoms with Crippen molar-refractivity contribution < 1.29 is 19.7 Å². The molecule has 0 aromatic carbocycles. The van der Waals surface area contributed by atoms with Gasteiger partial charge in [0, 0.05) is 12.7 Å². The highest BCUT2D eigenvalue weighted by Crippen LogP contribution is 2.05. The van der Waals surface area contributed by atoms with Gasteiger partial charge in [0.15, 0.2) is 0 Å². The summed E-state index contributed by atoms with van der Waals surface area (Å²) in [6.07, 6.45) is 0.323. The van der Waals surface area contributed by atoms with Crippen LogP contribution in [-0.4, -0.2) is 30.6 Å². The highest BCUT2D eigenvalue weighted by Gasteiger charge is 2.25. The lowest BCUT2D eigenvalue weighted by Gasteiger charge is -2.16. The summed E-state index contributed by atoms with van der Waals surface area (Å²) in [5.41, 5.74) is 0. The van der Waals surface area contributed by atoms with Crippen molar-refractivity contribution in [3.05, 3.63) is 12.0 Å². The van der Waals surface area contributed by atoms with Crippen LogP contribution in [0.4, 0.5) is 0 Å². The summed E-state index contributed by atoms with van der Waals surface area (Å²) in [7, 11) is 1.29. The van der Waals surface area contributed by atoms with Gasteiger partial charge in [-0.3, -0.25) is 4.79 Å². The zero-order chi connectivity index (χ0) is 8.27. The molecule has 1 aliphatic heterocycles. The average molecular weight is 159 g/mol. The SMILES string of the molecule is COOC1=CNCC(O)C1=O. The molecule has 0 radical (unpaired) electrons. The van der Waals surface area contributed by atoms with E-state index >= 15 is 0 Å².